The van der Waals surface area contributed by atoms with E-state index in [2.05, 4.69) is 23.5 Å². The number of halogens is 1. The molecule has 0 fully saturated rings. The van der Waals surface area contributed by atoms with E-state index in [1.54, 1.807) is 31.0 Å². The molecule has 0 saturated carbocycles. The summed E-state index contributed by atoms with van der Waals surface area (Å²) in [5.74, 6) is 1.01. The van der Waals surface area contributed by atoms with Gasteiger partial charge in [0.25, 0.3) is 0 Å². The average Bonchev–Trinajstić information content (AvgIpc) is 3.06. The van der Waals surface area contributed by atoms with Gasteiger partial charge in [-0.15, -0.1) is 11.8 Å². The van der Waals surface area contributed by atoms with Crippen LogP contribution >= 0.6 is 23.4 Å². The second-order valence-electron chi connectivity index (χ2n) is 8.00. The molecule has 2 N–H and O–H groups in total. The Kier molecular flexibility index (Phi) is 6.80. The minimum atomic E-state index is -0.0684. The minimum Gasteiger partial charge on any atom is -0.508 e. The van der Waals surface area contributed by atoms with Crippen LogP contribution in [0, 0.1) is 0 Å². The molecular formula is C29H23ClN2O2S. The Labute approximate surface area is 214 Å². The van der Waals surface area contributed by atoms with Crippen LogP contribution in [-0.2, 0) is 0 Å². The summed E-state index contributed by atoms with van der Waals surface area (Å²) >= 11 is 7.83. The molecule has 0 saturated heterocycles. The maximum atomic E-state index is 9.90. The Balaban J connectivity index is 1.69. The third kappa shape index (κ3) is 5.21. The number of anilines is 1. The third-order valence-electron chi connectivity index (χ3n) is 5.67. The van der Waals surface area contributed by atoms with Crippen LogP contribution in [0.3, 0.4) is 0 Å². The van der Waals surface area contributed by atoms with E-state index >= 15 is 0 Å². The molecule has 0 radical (unpaired) electrons. The highest BCUT2D eigenvalue weighted by Gasteiger charge is 2.28. The number of methoxy groups -OCH3 is 1. The topological polar surface area (TPSA) is 53.9 Å². The van der Waals surface area contributed by atoms with Crippen molar-refractivity contribution in [2.75, 3.05) is 12.4 Å². The second kappa shape index (κ2) is 10.3. The van der Waals surface area contributed by atoms with Crippen molar-refractivity contribution in [3.63, 3.8) is 0 Å². The van der Waals surface area contributed by atoms with Gasteiger partial charge in [0.05, 0.1) is 23.8 Å². The van der Waals surface area contributed by atoms with Crippen molar-refractivity contribution < 1.29 is 9.84 Å². The molecule has 0 spiro atoms. The Morgan fingerprint density at radius 1 is 0.943 bits per heavy atom. The molecule has 1 heterocycles. The fourth-order valence-electron chi connectivity index (χ4n) is 3.90. The summed E-state index contributed by atoms with van der Waals surface area (Å²) in [6, 6.07) is 31.0. The number of hydrogen-bond acceptors (Lipinski definition) is 5. The van der Waals surface area contributed by atoms with E-state index < -0.39 is 0 Å². The van der Waals surface area contributed by atoms with Crippen LogP contribution in [-0.4, -0.2) is 17.9 Å². The van der Waals surface area contributed by atoms with Crippen LogP contribution in [0.1, 0.15) is 16.4 Å². The van der Waals surface area contributed by atoms with Gasteiger partial charge in [0.15, 0.2) is 0 Å². The number of rotatable bonds is 5. The molecule has 1 aliphatic rings. The quantitative estimate of drug-likeness (QED) is 0.292. The van der Waals surface area contributed by atoms with E-state index in [1.807, 2.05) is 72.9 Å². The largest absolute Gasteiger partial charge is 0.508 e. The van der Waals surface area contributed by atoms with Gasteiger partial charge in [-0.1, -0.05) is 35.9 Å². The maximum absolute atomic E-state index is 9.90. The Morgan fingerprint density at radius 2 is 1.71 bits per heavy atom. The molecule has 0 aromatic heterocycles. The van der Waals surface area contributed by atoms with E-state index in [1.165, 1.54) is 0 Å². The van der Waals surface area contributed by atoms with Gasteiger partial charge < -0.3 is 15.2 Å². The Bertz CT molecular complexity index is 1400. The molecule has 0 amide bonds. The third-order valence-corrected chi connectivity index (χ3v) is 7.29. The van der Waals surface area contributed by atoms with E-state index in [0.29, 0.717) is 5.02 Å². The molecule has 4 aromatic rings. The van der Waals surface area contributed by atoms with Gasteiger partial charge in [0, 0.05) is 32.9 Å². The summed E-state index contributed by atoms with van der Waals surface area (Å²) in [7, 11) is 1.68. The number of nitrogens with zero attached hydrogens (tertiary/aromatic N) is 1. The standard InChI is InChI=1S/C29H23ClN2O2S/c1-34-24-6-4-5-20(17-24)29-25(18-31-22-13-11-21(30)12-14-22)28(19-9-15-23(33)16-10-19)32-26-7-2-3-8-27(26)35-29/h2-18,29,31,33H,1H3/b25-18+. The smallest absolute Gasteiger partial charge is 0.119 e. The number of phenolic OH excluding ortho intramolecular Hbond substituents is 1. The van der Waals surface area contributed by atoms with Gasteiger partial charge in [-0.25, -0.2) is 4.99 Å². The van der Waals surface area contributed by atoms with Crippen LogP contribution in [0.2, 0.25) is 5.02 Å². The average molecular weight is 499 g/mol. The highest BCUT2D eigenvalue weighted by molar-refractivity contribution is 8.00. The zero-order valence-corrected chi connectivity index (χ0v) is 20.6. The first-order valence-corrected chi connectivity index (χ1v) is 12.4. The molecule has 174 valence electrons. The number of fused-ring (bicyclic) bond motifs is 1. The van der Waals surface area contributed by atoms with Crippen molar-refractivity contribution in [2.45, 2.75) is 10.1 Å². The number of aliphatic imine (C=N–C) groups is 1. The molecular weight excluding hydrogens is 476 g/mol. The van der Waals surface area contributed by atoms with Gasteiger partial charge in [-0.05, 0) is 78.4 Å². The fourth-order valence-corrected chi connectivity index (χ4v) is 5.26. The Morgan fingerprint density at radius 3 is 2.49 bits per heavy atom. The number of benzene rings is 4. The van der Waals surface area contributed by atoms with Gasteiger partial charge in [0.2, 0.25) is 0 Å². The molecule has 4 aromatic carbocycles. The van der Waals surface area contributed by atoms with Crippen molar-refractivity contribution in [2.24, 2.45) is 4.99 Å². The zero-order valence-electron chi connectivity index (χ0n) is 19.0. The van der Waals surface area contributed by atoms with E-state index in [4.69, 9.17) is 21.3 Å². The lowest BCUT2D eigenvalue weighted by Crippen LogP contribution is -2.12. The predicted molar refractivity (Wildman–Crippen MR) is 145 cm³/mol. The summed E-state index contributed by atoms with van der Waals surface area (Å²) in [6.45, 7) is 0. The molecule has 35 heavy (non-hydrogen) atoms. The molecule has 1 unspecified atom stereocenters. The van der Waals surface area contributed by atoms with E-state index in [9.17, 15) is 5.11 Å². The first-order chi connectivity index (χ1) is 17.1. The summed E-state index contributed by atoms with van der Waals surface area (Å²) in [4.78, 5) is 6.21. The molecule has 0 aliphatic carbocycles. The summed E-state index contributed by atoms with van der Waals surface area (Å²) in [6.07, 6.45) is 2.01. The maximum Gasteiger partial charge on any atom is 0.119 e. The van der Waals surface area contributed by atoms with E-state index in [-0.39, 0.29) is 11.0 Å². The monoisotopic (exact) mass is 498 g/mol. The zero-order chi connectivity index (χ0) is 24.2. The number of aromatic hydroxyl groups is 1. The fraction of sp³-hybridized carbons (Fsp3) is 0.0690. The number of nitrogens with one attached hydrogen (secondary N) is 1. The highest BCUT2D eigenvalue weighted by Crippen LogP contribution is 2.48. The van der Waals surface area contributed by atoms with Crippen molar-refractivity contribution >= 4 is 40.4 Å². The van der Waals surface area contributed by atoms with Crippen LogP contribution in [0.15, 0.2) is 119 Å². The summed E-state index contributed by atoms with van der Waals surface area (Å²) < 4.78 is 5.53. The van der Waals surface area contributed by atoms with Gasteiger partial charge in [-0.3, -0.25) is 0 Å². The molecule has 5 rings (SSSR count). The predicted octanol–water partition coefficient (Wildman–Crippen LogP) is 8.02. The summed E-state index contributed by atoms with van der Waals surface area (Å²) in [5.41, 5.74) is 5.67. The lowest BCUT2D eigenvalue weighted by molar-refractivity contribution is 0.414. The molecule has 1 aliphatic heterocycles. The number of thioether (sulfide) groups is 1. The molecule has 1 atom stereocenters. The van der Waals surface area contributed by atoms with Crippen molar-refractivity contribution in [3.05, 3.63) is 125 Å². The van der Waals surface area contributed by atoms with Crippen molar-refractivity contribution in [1.29, 1.82) is 0 Å². The number of ether oxygens (including phenoxy) is 1. The van der Waals surface area contributed by atoms with Crippen molar-refractivity contribution in [3.8, 4) is 11.5 Å². The second-order valence-corrected chi connectivity index (χ2v) is 9.58. The lowest BCUT2D eigenvalue weighted by atomic mass is 9.95. The van der Waals surface area contributed by atoms with Crippen LogP contribution in [0.5, 0.6) is 11.5 Å². The highest BCUT2D eigenvalue weighted by atomic mass is 35.5. The van der Waals surface area contributed by atoms with Crippen LogP contribution in [0.4, 0.5) is 11.4 Å². The minimum absolute atomic E-state index is 0.0684. The summed E-state index contributed by atoms with van der Waals surface area (Å²) in [5, 5.41) is 14.0. The molecule has 0 bridgehead atoms. The number of hydrogen-bond donors (Lipinski definition) is 2. The van der Waals surface area contributed by atoms with E-state index in [0.717, 1.165) is 44.4 Å². The molecule has 6 heteroatoms. The SMILES string of the molecule is COc1cccc(C2Sc3ccccc3N=C(c3ccc(O)cc3)/C2=C\Nc2ccc(Cl)cc2)c1. The van der Waals surface area contributed by atoms with Gasteiger partial charge >= 0.3 is 0 Å². The van der Waals surface area contributed by atoms with Crippen LogP contribution in [0.25, 0.3) is 0 Å². The molecule has 4 nitrogen and oxygen atoms in total. The lowest BCUT2D eigenvalue weighted by Gasteiger charge is -2.21. The van der Waals surface area contributed by atoms with Gasteiger partial charge in [-0.2, -0.15) is 0 Å². The van der Waals surface area contributed by atoms with Crippen molar-refractivity contribution in [1.82, 2.24) is 0 Å². The Hall–Kier alpha value is -3.67. The normalized spacial score (nSPS) is 16.2. The number of para-hydroxylation sites is 1. The number of phenols is 1. The van der Waals surface area contributed by atoms with Gasteiger partial charge in [0.1, 0.15) is 11.5 Å². The van der Waals surface area contributed by atoms with Crippen LogP contribution < -0.4 is 10.1 Å². The first-order valence-electron chi connectivity index (χ1n) is 11.1. The first kappa shape index (κ1) is 23.1.